The van der Waals surface area contributed by atoms with E-state index in [0.717, 1.165) is 70.6 Å². The first-order valence-corrected chi connectivity index (χ1v) is 24.7. The van der Waals surface area contributed by atoms with Crippen LogP contribution in [0.1, 0.15) is 200 Å². The maximum atomic E-state index is 12.3. The van der Waals surface area contributed by atoms with Crippen LogP contribution in [-0.2, 0) is 32.7 Å². The lowest BCUT2D eigenvalue weighted by atomic mass is 10.0. The van der Waals surface area contributed by atoms with Gasteiger partial charge in [0.05, 0.1) is 13.2 Å². The predicted octanol–water partition coefficient (Wildman–Crippen LogP) is 12.2. The van der Waals surface area contributed by atoms with Gasteiger partial charge in [0, 0.05) is 12.8 Å². The van der Waals surface area contributed by atoms with Crippen LogP contribution < -0.4 is 5.32 Å². The Morgan fingerprint density at radius 3 is 1.42 bits per heavy atom. The third kappa shape index (κ3) is 41.9. The molecule has 0 aromatic rings. The maximum absolute atomic E-state index is 12.3. The second-order valence-electron chi connectivity index (χ2n) is 15.6. The monoisotopic (exact) mass is 854 g/mol. The molecule has 0 saturated carbocycles. The zero-order valence-electron chi connectivity index (χ0n) is 37.0. The molecule has 0 aromatic heterocycles. The van der Waals surface area contributed by atoms with Gasteiger partial charge in [0.2, 0.25) is 5.91 Å². The summed E-state index contributed by atoms with van der Waals surface area (Å²) in [7, 11) is -4.76. The van der Waals surface area contributed by atoms with Crippen molar-refractivity contribution in [2.24, 2.45) is 0 Å². The number of hydrogen-bond donors (Lipinski definition) is 4. The number of allylic oxidation sites excluding steroid dienone is 8. The molecule has 0 aliphatic heterocycles. The molecule has 4 N–H and O–H groups in total. The Bertz CT molecular complexity index is 1190. The van der Waals surface area contributed by atoms with Gasteiger partial charge in [-0.1, -0.05) is 178 Å². The summed E-state index contributed by atoms with van der Waals surface area (Å²) in [4.78, 5) is 45.9. The van der Waals surface area contributed by atoms with Gasteiger partial charge in [-0.05, 0) is 57.8 Å². The number of rotatable bonds is 43. The van der Waals surface area contributed by atoms with E-state index in [1.165, 1.54) is 89.9 Å². The second kappa shape index (κ2) is 42.1. The summed E-state index contributed by atoms with van der Waals surface area (Å²) in [6.07, 6.45) is 47.0. The van der Waals surface area contributed by atoms with E-state index >= 15 is 0 Å². The number of amides is 1. The molecule has 0 saturated heterocycles. The van der Waals surface area contributed by atoms with Crippen molar-refractivity contribution < 1.29 is 47.8 Å². The van der Waals surface area contributed by atoms with Crippen LogP contribution >= 0.6 is 7.82 Å². The van der Waals surface area contributed by atoms with E-state index in [9.17, 15) is 34.1 Å². The minimum atomic E-state index is -4.76. The van der Waals surface area contributed by atoms with Gasteiger partial charge in [0.1, 0.15) is 12.7 Å². The molecular weight excluding hydrogens is 769 g/mol. The fraction of sp³-hybridized carbons (Fsp3) is 0.766. The first-order chi connectivity index (χ1) is 28.6. The van der Waals surface area contributed by atoms with Crippen LogP contribution in [0.5, 0.6) is 0 Å². The topological polar surface area (TPSA) is 169 Å². The van der Waals surface area contributed by atoms with Crippen molar-refractivity contribution in [3.63, 3.8) is 0 Å². The molecule has 0 fully saturated rings. The minimum Gasteiger partial charge on any atom is -0.480 e. The van der Waals surface area contributed by atoms with Gasteiger partial charge in [0.15, 0.2) is 6.04 Å². The number of carboxylic acids is 1. The molecule has 3 unspecified atom stereocenters. The van der Waals surface area contributed by atoms with Crippen LogP contribution in [0.4, 0.5) is 0 Å². The van der Waals surface area contributed by atoms with Crippen molar-refractivity contribution in [2.75, 3.05) is 19.8 Å². The molecule has 0 rings (SSSR count). The zero-order valence-corrected chi connectivity index (χ0v) is 37.9. The van der Waals surface area contributed by atoms with Crippen LogP contribution in [-0.4, -0.2) is 64.9 Å². The average Bonchev–Trinajstić information content (AvgIpc) is 3.21. The Hall–Kier alpha value is -2.56. The fourth-order valence-electron chi connectivity index (χ4n) is 6.24. The summed E-state index contributed by atoms with van der Waals surface area (Å²) >= 11 is 0. The summed E-state index contributed by atoms with van der Waals surface area (Å²) < 4.78 is 26.8. The number of esters is 1. The highest BCUT2D eigenvalue weighted by Crippen LogP contribution is 2.43. The first kappa shape index (κ1) is 56.4. The number of nitrogens with one attached hydrogen (secondary N) is 1. The number of aliphatic hydroxyl groups excluding tert-OH is 1. The molecule has 0 aliphatic rings. The molecule has 0 aliphatic carbocycles. The molecule has 11 nitrogen and oxygen atoms in total. The number of aliphatic hydroxyl groups is 1. The molecule has 1 amide bonds. The zero-order chi connectivity index (χ0) is 43.5. The number of hydrogen-bond acceptors (Lipinski definition) is 8. The summed E-state index contributed by atoms with van der Waals surface area (Å²) in [5.74, 6) is -2.38. The van der Waals surface area contributed by atoms with Gasteiger partial charge >= 0.3 is 19.8 Å². The van der Waals surface area contributed by atoms with Crippen LogP contribution in [0.2, 0.25) is 0 Å². The molecule has 0 heterocycles. The van der Waals surface area contributed by atoms with Crippen LogP contribution in [0.3, 0.4) is 0 Å². The summed E-state index contributed by atoms with van der Waals surface area (Å²) in [6.45, 7) is 2.55. The third-order valence-electron chi connectivity index (χ3n) is 9.87. The number of phosphoric ester groups is 1. The van der Waals surface area contributed by atoms with Gasteiger partial charge in [-0.3, -0.25) is 18.6 Å². The van der Waals surface area contributed by atoms with Gasteiger partial charge in [-0.25, -0.2) is 9.36 Å². The second-order valence-corrected chi connectivity index (χ2v) is 17.0. The smallest absolute Gasteiger partial charge is 0.472 e. The van der Waals surface area contributed by atoms with Crippen LogP contribution in [0.15, 0.2) is 48.6 Å². The standard InChI is InChI=1S/C47H84NO10P/c1-3-5-7-9-11-13-15-17-18-19-20-21-22-23-24-25-26-27-29-31-33-35-37-39-46(51)56-40-43(49)41-57-59(54,55)58-42-44(47(52)53)48-45(50)38-36-34-32-30-28-16-14-12-10-8-6-4-2/h11,13,17-18,20-21,23-24,43-44,49H,3-10,12,14-16,19,22,25-42H2,1-2H3,(H,48,50)(H,52,53)(H,54,55)/b13-11-,18-17-,21-20-,24-23-. The Labute approximate surface area is 358 Å². The molecular formula is C47H84NO10P. The van der Waals surface area contributed by atoms with Gasteiger partial charge in [-0.2, -0.15) is 0 Å². The average molecular weight is 854 g/mol. The Morgan fingerprint density at radius 1 is 0.542 bits per heavy atom. The number of phosphoric acid groups is 1. The highest BCUT2D eigenvalue weighted by molar-refractivity contribution is 7.47. The van der Waals surface area contributed by atoms with Crippen molar-refractivity contribution in [1.82, 2.24) is 5.32 Å². The van der Waals surface area contributed by atoms with Gasteiger partial charge in [-0.15, -0.1) is 0 Å². The van der Waals surface area contributed by atoms with E-state index < -0.39 is 57.6 Å². The number of ether oxygens (including phenoxy) is 1. The van der Waals surface area contributed by atoms with Crippen molar-refractivity contribution in [2.45, 2.75) is 212 Å². The normalized spacial score (nSPS) is 14.1. The largest absolute Gasteiger partial charge is 0.480 e. The van der Waals surface area contributed by atoms with Gasteiger partial charge in [0.25, 0.3) is 0 Å². The lowest BCUT2D eigenvalue weighted by molar-refractivity contribution is -0.147. The van der Waals surface area contributed by atoms with Crippen molar-refractivity contribution in [1.29, 1.82) is 0 Å². The maximum Gasteiger partial charge on any atom is 0.472 e. The minimum absolute atomic E-state index is 0.147. The Morgan fingerprint density at radius 2 is 0.932 bits per heavy atom. The van der Waals surface area contributed by atoms with Crippen molar-refractivity contribution >= 4 is 25.7 Å². The summed E-state index contributed by atoms with van der Waals surface area (Å²) in [5.41, 5.74) is 0. The number of carbonyl (C=O) groups is 3. The van der Waals surface area contributed by atoms with Gasteiger partial charge < -0.3 is 25.2 Å². The number of aliphatic carboxylic acids is 1. The Kier molecular flexibility index (Phi) is 40.3. The molecule has 3 atom stereocenters. The number of carbonyl (C=O) groups excluding carboxylic acids is 2. The van der Waals surface area contributed by atoms with Crippen LogP contribution in [0, 0.1) is 0 Å². The molecule has 12 heteroatoms. The van der Waals surface area contributed by atoms with Crippen molar-refractivity contribution in [3.05, 3.63) is 48.6 Å². The SMILES string of the molecule is CCCCC/C=C\C/C=C\C/C=C\C/C=C\CCCCCCCCCC(=O)OCC(O)COP(=O)(O)OCC(NC(=O)CCCCCCCCCCCCCC)C(=O)O. The predicted molar refractivity (Wildman–Crippen MR) is 240 cm³/mol. The van der Waals surface area contributed by atoms with E-state index in [1.54, 1.807) is 0 Å². The fourth-order valence-corrected chi connectivity index (χ4v) is 7.01. The third-order valence-corrected chi connectivity index (χ3v) is 10.8. The molecule has 0 bridgehead atoms. The van der Waals surface area contributed by atoms with E-state index in [-0.39, 0.29) is 12.8 Å². The summed E-state index contributed by atoms with van der Waals surface area (Å²) in [5, 5.41) is 21.8. The first-order valence-electron chi connectivity index (χ1n) is 23.2. The van der Waals surface area contributed by atoms with Crippen molar-refractivity contribution in [3.8, 4) is 0 Å². The van der Waals surface area contributed by atoms with E-state index in [4.69, 9.17) is 13.8 Å². The Balaban J connectivity index is 3.86. The van der Waals surface area contributed by atoms with E-state index in [0.29, 0.717) is 12.8 Å². The number of unbranched alkanes of at least 4 members (excludes halogenated alkanes) is 21. The van der Waals surface area contributed by atoms with E-state index in [2.05, 4.69) is 67.8 Å². The highest BCUT2D eigenvalue weighted by Gasteiger charge is 2.28. The molecule has 0 spiro atoms. The highest BCUT2D eigenvalue weighted by atomic mass is 31.2. The molecule has 0 radical (unpaired) electrons. The van der Waals surface area contributed by atoms with Crippen LogP contribution in [0.25, 0.3) is 0 Å². The summed E-state index contributed by atoms with van der Waals surface area (Å²) in [6, 6.07) is -1.55. The molecule has 0 aromatic carbocycles. The molecule has 59 heavy (non-hydrogen) atoms. The lowest BCUT2D eigenvalue weighted by Gasteiger charge is -2.18. The molecule has 342 valence electrons. The number of carboxylic acid groups (broad SMARTS) is 1. The lowest BCUT2D eigenvalue weighted by Crippen LogP contribution is -2.43. The van der Waals surface area contributed by atoms with E-state index in [1.807, 2.05) is 0 Å². The quantitative estimate of drug-likeness (QED) is 0.0200.